The number of halogens is 1. The van der Waals surface area contributed by atoms with Gasteiger partial charge in [0, 0.05) is 10.2 Å². The molecule has 0 saturated heterocycles. The summed E-state index contributed by atoms with van der Waals surface area (Å²) in [5.41, 5.74) is 2.00. The van der Waals surface area contributed by atoms with Crippen LogP contribution < -0.4 is 9.62 Å². The van der Waals surface area contributed by atoms with Crippen LogP contribution in [0.25, 0.3) is 0 Å². The Labute approximate surface area is 173 Å². The quantitative estimate of drug-likeness (QED) is 0.587. The van der Waals surface area contributed by atoms with E-state index in [1.165, 1.54) is 12.1 Å². The average molecular weight is 459 g/mol. The first-order chi connectivity index (χ1) is 13.4. The van der Waals surface area contributed by atoms with Crippen molar-refractivity contribution >= 4 is 43.2 Å². The highest BCUT2D eigenvalue weighted by atomic mass is 79.9. The Hall–Kier alpha value is -2.64. The lowest BCUT2D eigenvalue weighted by atomic mass is 10.2. The lowest BCUT2D eigenvalue weighted by Gasteiger charge is -2.24. The Morgan fingerprint density at radius 1 is 0.964 bits per heavy atom. The molecule has 0 aliphatic rings. The van der Waals surface area contributed by atoms with Crippen molar-refractivity contribution in [2.45, 2.75) is 11.8 Å². The number of benzene rings is 3. The van der Waals surface area contributed by atoms with Crippen molar-refractivity contribution in [1.82, 2.24) is 0 Å². The number of amides is 1. The first kappa shape index (κ1) is 20.1. The summed E-state index contributed by atoms with van der Waals surface area (Å²) in [6.45, 7) is 1.58. The molecule has 28 heavy (non-hydrogen) atoms. The number of para-hydroxylation sites is 1. The Morgan fingerprint density at radius 3 is 2.18 bits per heavy atom. The van der Waals surface area contributed by atoms with Crippen LogP contribution in [0.5, 0.6) is 0 Å². The van der Waals surface area contributed by atoms with Crippen molar-refractivity contribution in [3.8, 4) is 0 Å². The van der Waals surface area contributed by atoms with Crippen LogP contribution >= 0.6 is 15.9 Å². The molecule has 0 bridgehead atoms. The van der Waals surface area contributed by atoms with Gasteiger partial charge >= 0.3 is 0 Å². The lowest BCUT2D eigenvalue weighted by molar-refractivity contribution is -0.114. The molecule has 0 aliphatic carbocycles. The highest BCUT2D eigenvalue weighted by Gasteiger charge is 2.27. The number of hydrogen-bond acceptors (Lipinski definition) is 3. The van der Waals surface area contributed by atoms with Crippen molar-refractivity contribution in [1.29, 1.82) is 0 Å². The second kappa shape index (κ2) is 8.58. The number of sulfonamides is 1. The van der Waals surface area contributed by atoms with Gasteiger partial charge in [-0.05, 0) is 55.0 Å². The Morgan fingerprint density at radius 2 is 1.57 bits per heavy atom. The maximum atomic E-state index is 13.2. The molecular weight excluding hydrogens is 440 g/mol. The van der Waals surface area contributed by atoms with Gasteiger partial charge in [-0.3, -0.25) is 9.10 Å². The maximum Gasteiger partial charge on any atom is 0.264 e. The predicted octanol–water partition coefficient (Wildman–Crippen LogP) is 4.59. The molecule has 0 fully saturated rings. The van der Waals surface area contributed by atoms with Crippen LogP contribution in [-0.4, -0.2) is 20.9 Å². The molecule has 1 amide bonds. The predicted molar refractivity (Wildman–Crippen MR) is 115 cm³/mol. The van der Waals surface area contributed by atoms with Crippen molar-refractivity contribution in [2.75, 3.05) is 16.2 Å². The molecule has 0 spiro atoms. The zero-order valence-electron chi connectivity index (χ0n) is 15.2. The Kier molecular flexibility index (Phi) is 6.16. The first-order valence-electron chi connectivity index (χ1n) is 8.57. The highest BCUT2D eigenvalue weighted by Crippen LogP contribution is 2.24. The van der Waals surface area contributed by atoms with E-state index in [0.717, 1.165) is 14.3 Å². The fourth-order valence-electron chi connectivity index (χ4n) is 2.68. The summed E-state index contributed by atoms with van der Waals surface area (Å²) in [6, 6.07) is 22.1. The number of anilines is 2. The van der Waals surface area contributed by atoms with Crippen LogP contribution in [0.1, 0.15) is 5.56 Å². The highest BCUT2D eigenvalue weighted by molar-refractivity contribution is 9.10. The molecule has 0 saturated carbocycles. The number of carbonyl (C=O) groups is 1. The summed E-state index contributed by atoms with van der Waals surface area (Å²) in [4.78, 5) is 12.8. The van der Waals surface area contributed by atoms with Crippen LogP contribution in [0.3, 0.4) is 0 Å². The third kappa shape index (κ3) is 4.61. The molecular formula is C21H19BrN2O3S. The van der Waals surface area contributed by atoms with Crippen LogP contribution in [0, 0.1) is 6.92 Å². The minimum absolute atomic E-state index is 0.131. The Balaban J connectivity index is 1.90. The summed E-state index contributed by atoms with van der Waals surface area (Å²) in [5, 5.41) is 2.77. The van der Waals surface area contributed by atoms with Gasteiger partial charge in [-0.1, -0.05) is 52.3 Å². The van der Waals surface area contributed by atoms with Crippen molar-refractivity contribution in [3.63, 3.8) is 0 Å². The van der Waals surface area contributed by atoms with E-state index >= 15 is 0 Å². The number of nitrogens with zero attached hydrogens (tertiary/aromatic N) is 1. The van der Waals surface area contributed by atoms with Crippen LogP contribution in [-0.2, 0) is 14.8 Å². The average Bonchev–Trinajstić information content (AvgIpc) is 2.70. The van der Waals surface area contributed by atoms with Crippen LogP contribution in [0.2, 0.25) is 0 Å². The molecule has 0 unspecified atom stereocenters. The summed E-state index contributed by atoms with van der Waals surface area (Å²) >= 11 is 3.42. The molecule has 0 aromatic heterocycles. The molecule has 1 N–H and O–H groups in total. The summed E-state index contributed by atoms with van der Waals surface area (Å²) < 4.78 is 28.4. The van der Waals surface area contributed by atoms with Gasteiger partial charge in [-0.25, -0.2) is 8.42 Å². The molecule has 144 valence electrons. The maximum absolute atomic E-state index is 13.2. The minimum atomic E-state index is -3.89. The second-order valence-electron chi connectivity index (χ2n) is 6.17. The zero-order valence-corrected chi connectivity index (χ0v) is 17.6. The summed E-state index contributed by atoms with van der Waals surface area (Å²) in [7, 11) is -3.89. The van der Waals surface area contributed by atoms with Gasteiger partial charge < -0.3 is 5.32 Å². The molecule has 0 heterocycles. The van der Waals surface area contributed by atoms with Crippen molar-refractivity contribution < 1.29 is 13.2 Å². The van der Waals surface area contributed by atoms with E-state index in [1.54, 1.807) is 54.6 Å². The van der Waals surface area contributed by atoms with E-state index in [0.29, 0.717) is 11.4 Å². The number of hydrogen-bond donors (Lipinski definition) is 1. The molecule has 0 aliphatic heterocycles. The van der Waals surface area contributed by atoms with Gasteiger partial charge in [0.2, 0.25) is 5.91 Å². The summed E-state index contributed by atoms with van der Waals surface area (Å²) in [6.07, 6.45) is 0. The van der Waals surface area contributed by atoms with Gasteiger partial charge in [0.1, 0.15) is 6.54 Å². The third-order valence-electron chi connectivity index (χ3n) is 4.10. The van der Waals surface area contributed by atoms with Gasteiger partial charge in [-0.15, -0.1) is 0 Å². The van der Waals surface area contributed by atoms with Gasteiger partial charge in [0.15, 0.2) is 0 Å². The van der Waals surface area contributed by atoms with Gasteiger partial charge in [0.25, 0.3) is 10.0 Å². The van der Waals surface area contributed by atoms with E-state index in [-0.39, 0.29) is 11.4 Å². The lowest BCUT2D eigenvalue weighted by Crippen LogP contribution is -2.38. The van der Waals surface area contributed by atoms with E-state index < -0.39 is 15.9 Å². The fraction of sp³-hybridized carbons (Fsp3) is 0.0952. The van der Waals surface area contributed by atoms with Crippen LogP contribution in [0.4, 0.5) is 11.4 Å². The van der Waals surface area contributed by atoms with Crippen molar-refractivity contribution in [2.24, 2.45) is 0 Å². The number of aryl methyl sites for hydroxylation is 1. The molecule has 0 radical (unpaired) electrons. The molecule has 3 rings (SSSR count). The smallest absolute Gasteiger partial charge is 0.264 e. The third-order valence-corrected chi connectivity index (χ3v) is 6.78. The topological polar surface area (TPSA) is 66.5 Å². The van der Waals surface area contributed by atoms with Crippen LogP contribution in [0.15, 0.2) is 88.2 Å². The molecule has 0 atom stereocenters. The largest absolute Gasteiger partial charge is 0.325 e. The number of rotatable bonds is 6. The van der Waals surface area contributed by atoms with Crippen molar-refractivity contribution in [3.05, 3.63) is 88.9 Å². The standard InChI is InChI=1S/C21H19BrN2O3S/c1-16-14-17(12-13-20(16)22)23-21(25)15-24(18-8-4-2-5-9-18)28(26,27)19-10-6-3-7-11-19/h2-14H,15H2,1H3,(H,23,25). The van der Waals surface area contributed by atoms with E-state index in [2.05, 4.69) is 21.2 Å². The van der Waals surface area contributed by atoms with E-state index in [1.807, 2.05) is 19.1 Å². The van der Waals surface area contributed by atoms with Gasteiger partial charge in [0.05, 0.1) is 10.6 Å². The first-order valence-corrected chi connectivity index (χ1v) is 10.8. The molecule has 3 aromatic rings. The van der Waals surface area contributed by atoms with E-state index in [9.17, 15) is 13.2 Å². The molecule has 7 heteroatoms. The second-order valence-corrected chi connectivity index (χ2v) is 8.89. The monoisotopic (exact) mass is 458 g/mol. The fourth-order valence-corrected chi connectivity index (χ4v) is 4.37. The Bertz CT molecular complexity index is 1070. The normalized spacial score (nSPS) is 11.1. The number of nitrogens with one attached hydrogen (secondary N) is 1. The van der Waals surface area contributed by atoms with Gasteiger partial charge in [-0.2, -0.15) is 0 Å². The zero-order chi connectivity index (χ0) is 20.1. The molecule has 3 aromatic carbocycles. The van der Waals surface area contributed by atoms with E-state index in [4.69, 9.17) is 0 Å². The number of carbonyl (C=O) groups excluding carboxylic acids is 1. The molecule has 5 nitrogen and oxygen atoms in total. The summed E-state index contributed by atoms with van der Waals surface area (Å²) in [5.74, 6) is -0.426. The minimum Gasteiger partial charge on any atom is -0.325 e. The SMILES string of the molecule is Cc1cc(NC(=O)CN(c2ccccc2)S(=O)(=O)c2ccccc2)ccc1Br.